The van der Waals surface area contributed by atoms with Gasteiger partial charge in [0.25, 0.3) is 5.91 Å². The second-order valence-electron chi connectivity index (χ2n) is 9.00. The van der Waals surface area contributed by atoms with Crippen LogP contribution >= 0.6 is 0 Å². The van der Waals surface area contributed by atoms with Crippen LogP contribution in [-0.4, -0.2) is 81.9 Å². The van der Waals surface area contributed by atoms with Crippen molar-refractivity contribution in [2.45, 2.75) is 58.2 Å². The first-order chi connectivity index (χ1) is 13.1. The van der Waals surface area contributed by atoms with Crippen LogP contribution in [0.4, 0.5) is 4.79 Å². The normalized spacial score (nSPS) is 18.7. The number of piperidine rings is 1. The molecule has 1 aromatic rings. The van der Waals surface area contributed by atoms with E-state index in [-0.39, 0.29) is 18.0 Å². The number of rotatable bonds is 2. The smallest absolute Gasteiger partial charge is 0.410 e. The Balaban J connectivity index is 1.77. The number of aromatic nitrogens is 2. The van der Waals surface area contributed by atoms with Gasteiger partial charge in [0.05, 0.1) is 6.54 Å². The van der Waals surface area contributed by atoms with Gasteiger partial charge in [0.1, 0.15) is 5.60 Å². The van der Waals surface area contributed by atoms with Gasteiger partial charge in [0.2, 0.25) is 0 Å². The summed E-state index contributed by atoms with van der Waals surface area (Å²) in [4.78, 5) is 31.5. The third-order valence-corrected chi connectivity index (χ3v) is 5.65. The molecule has 0 aliphatic carbocycles. The number of aryl methyl sites for hydroxylation is 1. The van der Waals surface area contributed by atoms with Gasteiger partial charge >= 0.3 is 6.09 Å². The van der Waals surface area contributed by atoms with Crippen molar-refractivity contribution in [1.29, 1.82) is 0 Å². The molecule has 3 heterocycles. The number of carbonyl (C=O) groups excluding carboxylic acids is 2. The van der Waals surface area contributed by atoms with E-state index in [2.05, 4.69) is 17.0 Å². The maximum Gasteiger partial charge on any atom is 0.410 e. The van der Waals surface area contributed by atoms with Crippen LogP contribution in [0.2, 0.25) is 0 Å². The molecule has 2 amide bonds. The molecule has 0 radical (unpaired) electrons. The van der Waals surface area contributed by atoms with Gasteiger partial charge in [-0.1, -0.05) is 0 Å². The van der Waals surface area contributed by atoms with Gasteiger partial charge in [-0.2, -0.15) is 5.10 Å². The maximum atomic E-state index is 13.2. The predicted octanol–water partition coefficient (Wildman–Crippen LogP) is 1.88. The lowest BCUT2D eigenvalue weighted by atomic mass is 10.0. The fourth-order valence-corrected chi connectivity index (χ4v) is 3.96. The van der Waals surface area contributed by atoms with Gasteiger partial charge in [-0.25, -0.2) is 4.79 Å². The SMILES string of the molecule is CN1CCC(N(C)C(=O)c2nn(C)c3c2CN(C(=O)OC(C)(C)C)CC3)CC1. The van der Waals surface area contributed by atoms with Crippen molar-refractivity contribution in [2.75, 3.05) is 33.7 Å². The molecular formula is C20H33N5O3. The van der Waals surface area contributed by atoms with Gasteiger partial charge in [-0.3, -0.25) is 9.48 Å². The van der Waals surface area contributed by atoms with E-state index in [0.717, 1.165) is 37.2 Å². The highest BCUT2D eigenvalue weighted by Gasteiger charge is 2.34. The molecule has 2 aliphatic rings. The summed E-state index contributed by atoms with van der Waals surface area (Å²) in [5.74, 6) is -0.0579. The van der Waals surface area contributed by atoms with Crippen LogP contribution < -0.4 is 0 Å². The third-order valence-electron chi connectivity index (χ3n) is 5.65. The molecule has 28 heavy (non-hydrogen) atoms. The highest BCUT2D eigenvalue weighted by Crippen LogP contribution is 2.26. The number of nitrogens with zero attached hydrogens (tertiary/aromatic N) is 5. The van der Waals surface area contributed by atoms with Gasteiger partial charge in [0.15, 0.2) is 5.69 Å². The summed E-state index contributed by atoms with van der Waals surface area (Å²) in [6.07, 6.45) is 2.27. The molecule has 0 bridgehead atoms. The Kier molecular flexibility index (Phi) is 5.70. The van der Waals surface area contributed by atoms with Crippen LogP contribution in [0.1, 0.15) is 55.4 Å². The summed E-state index contributed by atoms with van der Waals surface area (Å²) in [6, 6.07) is 0.229. The zero-order chi connectivity index (χ0) is 20.6. The van der Waals surface area contributed by atoms with E-state index in [4.69, 9.17) is 4.74 Å². The first-order valence-electron chi connectivity index (χ1n) is 10.0. The molecule has 0 atom stereocenters. The average Bonchev–Trinajstić information content (AvgIpc) is 2.96. The van der Waals surface area contributed by atoms with Crippen molar-refractivity contribution < 1.29 is 14.3 Å². The summed E-state index contributed by atoms with van der Waals surface area (Å²) >= 11 is 0. The molecular weight excluding hydrogens is 358 g/mol. The van der Waals surface area contributed by atoms with Crippen LogP contribution in [0, 0.1) is 0 Å². The first-order valence-corrected chi connectivity index (χ1v) is 10.0. The van der Waals surface area contributed by atoms with Gasteiger partial charge < -0.3 is 19.4 Å². The molecule has 1 fully saturated rings. The molecule has 2 aliphatic heterocycles. The average molecular weight is 392 g/mol. The maximum absolute atomic E-state index is 13.2. The number of fused-ring (bicyclic) bond motifs is 1. The standard InChI is InChI=1S/C20H33N5O3/c1-20(2,3)28-19(27)25-12-9-16-15(13-25)17(21-24(16)6)18(26)23(5)14-7-10-22(4)11-8-14/h14H,7-13H2,1-6H3. The number of hydrogen-bond acceptors (Lipinski definition) is 5. The summed E-state index contributed by atoms with van der Waals surface area (Å²) in [5.41, 5.74) is 1.80. The zero-order valence-corrected chi connectivity index (χ0v) is 18.0. The zero-order valence-electron chi connectivity index (χ0n) is 18.0. The summed E-state index contributed by atoms with van der Waals surface area (Å²) < 4.78 is 7.30. The quantitative estimate of drug-likeness (QED) is 0.770. The Morgan fingerprint density at radius 2 is 1.79 bits per heavy atom. The number of likely N-dealkylation sites (tertiary alicyclic amines) is 1. The Hall–Kier alpha value is -2.09. The topological polar surface area (TPSA) is 70.9 Å². The number of hydrogen-bond donors (Lipinski definition) is 0. The molecule has 0 unspecified atom stereocenters. The van der Waals surface area contributed by atoms with E-state index in [9.17, 15) is 9.59 Å². The number of carbonyl (C=O) groups is 2. The number of ether oxygens (including phenoxy) is 1. The van der Waals surface area contributed by atoms with E-state index in [0.29, 0.717) is 25.2 Å². The fourth-order valence-electron chi connectivity index (χ4n) is 3.96. The molecule has 0 spiro atoms. The molecule has 3 rings (SSSR count). The molecule has 0 N–H and O–H groups in total. The van der Waals surface area contributed by atoms with Gasteiger partial charge in [-0.05, 0) is 53.8 Å². The van der Waals surface area contributed by atoms with E-state index in [1.807, 2.05) is 39.8 Å². The highest BCUT2D eigenvalue weighted by molar-refractivity contribution is 5.94. The molecule has 1 aromatic heterocycles. The van der Waals surface area contributed by atoms with Gasteiger partial charge in [-0.15, -0.1) is 0 Å². The minimum Gasteiger partial charge on any atom is -0.444 e. The van der Waals surface area contributed by atoms with Crippen molar-refractivity contribution in [1.82, 2.24) is 24.5 Å². The lowest BCUT2D eigenvalue weighted by Gasteiger charge is -2.35. The van der Waals surface area contributed by atoms with Gasteiger partial charge in [0, 0.05) is 44.4 Å². The Bertz CT molecular complexity index is 744. The molecule has 0 saturated carbocycles. The van der Waals surface area contributed by atoms with E-state index >= 15 is 0 Å². The van der Waals surface area contributed by atoms with Crippen molar-refractivity contribution in [3.63, 3.8) is 0 Å². The van der Waals surface area contributed by atoms with Crippen LogP contribution in [0.3, 0.4) is 0 Å². The molecule has 8 nitrogen and oxygen atoms in total. The highest BCUT2D eigenvalue weighted by atomic mass is 16.6. The van der Waals surface area contributed by atoms with E-state index in [1.54, 1.807) is 9.58 Å². The van der Waals surface area contributed by atoms with Crippen molar-refractivity contribution >= 4 is 12.0 Å². The predicted molar refractivity (Wildman–Crippen MR) is 106 cm³/mol. The minimum absolute atomic E-state index is 0.0579. The summed E-state index contributed by atoms with van der Waals surface area (Å²) in [6.45, 7) is 8.49. The van der Waals surface area contributed by atoms with Crippen molar-refractivity contribution in [3.05, 3.63) is 17.0 Å². The van der Waals surface area contributed by atoms with Crippen LogP contribution in [0.15, 0.2) is 0 Å². The molecule has 156 valence electrons. The van der Waals surface area contributed by atoms with Crippen molar-refractivity contribution in [3.8, 4) is 0 Å². The van der Waals surface area contributed by atoms with E-state index in [1.165, 1.54) is 0 Å². The van der Waals surface area contributed by atoms with Crippen LogP contribution in [-0.2, 0) is 24.8 Å². The Labute approximate surface area is 167 Å². The van der Waals surface area contributed by atoms with Crippen molar-refractivity contribution in [2.24, 2.45) is 7.05 Å². The third kappa shape index (κ3) is 4.32. The largest absolute Gasteiger partial charge is 0.444 e. The fraction of sp³-hybridized carbons (Fsp3) is 0.750. The lowest BCUT2D eigenvalue weighted by Crippen LogP contribution is -2.45. The van der Waals surface area contributed by atoms with E-state index < -0.39 is 5.60 Å². The first kappa shape index (κ1) is 20.6. The second-order valence-corrected chi connectivity index (χ2v) is 9.00. The second kappa shape index (κ2) is 7.73. The monoisotopic (exact) mass is 391 g/mol. The molecule has 1 saturated heterocycles. The molecule has 8 heteroatoms. The Morgan fingerprint density at radius 3 is 2.39 bits per heavy atom. The summed E-state index contributed by atoms with van der Waals surface area (Å²) in [7, 11) is 5.85. The van der Waals surface area contributed by atoms with Crippen LogP contribution in [0.25, 0.3) is 0 Å². The summed E-state index contributed by atoms with van der Waals surface area (Å²) in [5, 5.41) is 4.53. The van der Waals surface area contributed by atoms with Crippen LogP contribution in [0.5, 0.6) is 0 Å². The minimum atomic E-state index is -0.542. The lowest BCUT2D eigenvalue weighted by molar-refractivity contribution is 0.0220. The Morgan fingerprint density at radius 1 is 1.14 bits per heavy atom. The number of amides is 2. The molecule has 0 aromatic carbocycles.